The number of rotatable bonds is 2. The summed E-state index contributed by atoms with van der Waals surface area (Å²) in [6.07, 6.45) is 3.36. The van der Waals surface area contributed by atoms with Gasteiger partial charge >= 0.3 is 0 Å². The van der Waals surface area contributed by atoms with E-state index >= 15 is 0 Å². The van der Waals surface area contributed by atoms with Crippen LogP contribution in [0.5, 0.6) is 0 Å². The van der Waals surface area contributed by atoms with Crippen molar-refractivity contribution < 1.29 is 4.74 Å². The number of hydrogen-bond acceptors (Lipinski definition) is 4. The van der Waals surface area contributed by atoms with Crippen LogP contribution in [0.25, 0.3) is 0 Å². The highest BCUT2D eigenvalue weighted by atomic mass is 32.2. The molecular formula is C16H19NOS2. The van der Waals surface area contributed by atoms with Gasteiger partial charge in [-0.15, -0.1) is 23.5 Å². The Morgan fingerprint density at radius 1 is 1.30 bits per heavy atom. The van der Waals surface area contributed by atoms with Crippen molar-refractivity contribution in [3.05, 3.63) is 35.9 Å². The van der Waals surface area contributed by atoms with E-state index in [1.807, 2.05) is 53.9 Å². The predicted molar refractivity (Wildman–Crippen MR) is 85.8 cm³/mol. The van der Waals surface area contributed by atoms with Crippen molar-refractivity contribution in [3.8, 4) is 6.07 Å². The highest BCUT2D eigenvalue weighted by Crippen LogP contribution is 2.62. The second-order valence-corrected chi connectivity index (χ2v) is 8.36. The maximum atomic E-state index is 10.00. The van der Waals surface area contributed by atoms with Gasteiger partial charge in [0.1, 0.15) is 10.1 Å². The lowest BCUT2D eigenvalue weighted by atomic mass is 9.91. The first-order valence-electron chi connectivity index (χ1n) is 7.19. The molecule has 0 amide bonds. The molecule has 2 saturated heterocycles. The SMILES string of the molecule is CC[C@@H]1CC2(SCCCS2)[C@](C#N)(c2ccccc2)O1. The maximum absolute atomic E-state index is 10.00. The molecule has 2 heterocycles. The van der Waals surface area contributed by atoms with E-state index in [9.17, 15) is 5.26 Å². The van der Waals surface area contributed by atoms with Gasteiger partial charge in [0.25, 0.3) is 0 Å². The van der Waals surface area contributed by atoms with Gasteiger partial charge in [-0.1, -0.05) is 37.3 Å². The molecule has 20 heavy (non-hydrogen) atoms. The zero-order chi connectivity index (χ0) is 14.1. The van der Waals surface area contributed by atoms with Crippen LogP contribution in [-0.2, 0) is 10.3 Å². The highest BCUT2D eigenvalue weighted by molar-refractivity contribution is 8.18. The summed E-state index contributed by atoms with van der Waals surface area (Å²) in [5.74, 6) is 2.26. The molecule has 4 heteroatoms. The lowest BCUT2D eigenvalue weighted by molar-refractivity contribution is -0.00795. The molecule has 106 valence electrons. The molecule has 0 saturated carbocycles. The van der Waals surface area contributed by atoms with Gasteiger partial charge in [-0.3, -0.25) is 0 Å². The van der Waals surface area contributed by atoms with Crippen molar-refractivity contribution in [1.29, 1.82) is 5.26 Å². The molecule has 0 aromatic heterocycles. The predicted octanol–water partition coefficient (Wildman–Crippen LogP) is 4.17. The maximum Gasteiger partial charge on any atom is 0.203 e. The first-order chi connectivity index (χ1) is 9.76. The average Bonchev–Trinajstić information content (AvgIpc) is 2.83. The van der Waals surface area contributed by atoms with Crippen LogP contribution in [0.15, 0.2) is 30.3 Å². The van der Waals surface area contributed by atoms with Crippen molar-refractivity contribution >= 4 is 23.5 Å². The summed E-state index contributed by atoms with van der Waals surface area (Å²) in [7, 11) is 0. The second kappa shape index (κ2) is 5.63. The van der Waals surface area contributed by atoms with Gasteiger partial charge in [0, 0.05) is 12.0 Å². The van der Waals surface area contributed by atoms with E-state index in [1.54, 1.807) is 0 Å². The summed E-state index contributed by atoms with van der Waals surface area (Å²) >= 11 is 3.87. The van der Waals surface area contributed by atoms with Crippen molar-refractivity contribution in [2.75, 3.05) is 11.5 Å². The standard InChI is InChI=1S/C16H19NOS2/c1-2-14-11-16(19-9-6-10-20-16)15(12-17,18-14)13-7-4-3-5-8-13/h3-5,7-8,14H,2,6,9-11H2,1H3/t14-,15+/m1/s1. The van der Waals surface area contributed by atoms with Gasteiger partial charge in [-0.05, 0) is 24.3 Å². The Labute approximate surface area is 129 Å². The number of ether oxygens (including phenoxy) is 1. The first-order valence-corrected chi connectivity index (χ1v) is 9.16. The molecule has 0 bridgehead atoms. The third-order valence-electron chi connectivity index (χ3n) is 4.13. The van der Waals surface area contributed by atoms with Crippen LogP contribution in [0.2, 0.25) is 0 Å². The smallest absolute Gasteiger partial charge is 0.203 e. The van der Waals surface area contributed by atoms with E-state index in [1.165, 1.54) is 6.42 Å². The number of nitrogens with zero attached hydrogens (tertiary/aromatic N) is 1. The van der Waals surface area contributed by atoms with E-state index in [2.05, 4.69) is 13.0 Å². The molecular weight excluding hydrogens is 286 g/mol. The monoisotopic (exact) mass is 305 g/mol. The zero-order valence-electron chi connectivity index (χ0n) is 11.7. The Bertz CT molecular complexity index is 507. The molecule has 0 N–H and O–H groups in total. The van der Waals surface area contributed by atoms with Crippen LogP contribution < -0.4 is 0 Å². The lowest BCUT2D eigenvalue weighted by Gasteiger charge is -2.41. The molecule has 2 nitrogen and oxygen atoms in total. The van der Waals surface area contributed by atoms with Gasteiger partial charge < -0.3 is 4.74 Å². The molecule has 2 atom stereocenters. The molecule has 3 rings (SSSR count). The molecule has 1 aromatic carbocycles. The zero-order valence-corrected chi connectivity index (χ0v) is 13.3. The van der Waals surface area contributed by atoms with E-state index < -0.39 is 5.60 Å². The Balaban J connectivity index is 2.09. The lowest BCUT2D eigenvalue weighted by Crippen LogP contribution is -2.44. The molecule has 0 radical (unpaired) electrons. The van der Waals surface area contributed by atoms with Gasteiger partial charge in [0.05, 0.1) is 6.10 Å². The molecule has 1 aromatic rings. The van der Waals surface area contributed by atoms with Crippen LogP contribution >= 0.6 is 23.5 Å². The Morgan fingerprint density at radius 2 is 2.00 bits per heavy atom. The summed E-state index contributed by atoms with van der Waals surface area (Å²) < 4.78 is 6.19. The molecule has 0 aliphatic carbocycles. The number of hydrogen-bond donors (Lipinski definition) is 0. The molecule has 2 fully saturated rings. The Kier molecular flexibility index (Phi) is 4.03. The third-order valence-corrected chi connectivity index (χ3v) is 7.66. The minimum absolute atomic E-state index is 0.137. The fourth-order valence-corrected chi connectivity index (χ4v) is 6.78. The normalized spacial score (nSPS) is 32.1. The topological polar surface area (TPSA) is 33.0 Å². The average molecular weight is 305 g/mol. The summed E-state index contributed by atoms with van der Waals surface area (Å²) in [6, 6.07) is 12.6. The summed E-state index contributed by atoms with van der Waals surface area (Å²) in [5, 5.41) is 10.00. The van der Waals surface area contributed by atoms with Crippen LogP contribution in [0, 0.1) is 11.3 Å². The first kappa shape index (κ1) is 14.3. The van der Waals surface area contributed by atoms with E-state index in [0.717, 1.165) is 29.9 Å². The highest BCUT2D eigenvalue weighted by Gasteiger charge is 2.62. The number of benzene rings is 1. The van der Waals surface area contributed by atoms with Crippen LogP contribution in [0.1, 0.15) is 31.7 Å². The van der Waals surface area contributed by atoms with Crippen LogP contribution in [0.4, 0.5) is 0 Å². The van der Waals surface area contributed by atoms with Crippen molar-refractivity contribution in [2.45, 2.75) is 42.0 Å². The van der Waals surface area contributed by atoms with Crippen molar-refractivity contribution in [2.24, 2.45) is 0 Å². The number of thioether (sulfide) groups is 2. The van der Waals surface area contributed by atoms with E-state index in [-0.39, 0.29) is 10.2 Å². The molecule has 2 aliphatic rings. The van der Waals surface area contributed by atoms with Gasteiger partial charge in [-0.25, -0.2) is 0 Å². The van der Waals surface area contributed by atoms with E-state index in [4.69, 9.17) is 4.74 Å². The van der Waals surface area contributed by atoms with Crippen LogP contribution in [-0.4, -0.2) is 21.7 Å². The quantitative estimate of drug-likeness (QED) is 0.821. The largest absolute Gasteiger partial charge is 0.350 e. The van der Waals surface area contributed by atoms with Gasteiger partial charge in [0.15, 0.2) is 0 Å². The molecule has 0 unspecified atom stereocenters. The third kappa shape index (κ3) is 2.07. The fraction of sp³-hybridized carbons (Fsp3) is 0.562. The fourth-order valence-electron chi connectivity index (χ4n) is 3.09. The summed E-state index contributed by atoms with van der Waals surface area (Å²) in [5.41, 5.74) is 0.213. The summed E-state index contributed by atoms with van der Waals surface area (Å²) in [6.45, 7) is 2.15. The van der Waals surface area contributed by atoms with E-state index in [0.29, 0.717) is 0 Å². The minimum atomic E-state index is -0.801. The van der Waals surface area contributed by atoms with Crippen molar-refractivity contribution in [3.63, 3.8) is 0 Å². The van der Waals surface area contributed by atoms with Gasteiger partial charge in [-0.2, -0.15) is 5.26 Å². The second-order valence-electron chi connectivity index (χ2n) is 5.31. The number of nitriles is 1. The molecule has 1 spiro atoms. The Hall–Kier alpha value is -0.630. The van der Waals surface area contributed by atoms with Crippen molar-refractivity contribution in [1.82, 2.24) is 0 Å². The Morgan fingerprint density at radius 3 is 2.60 bits per heavy atom. The summed E-state index contributed by atoms with van der Waals surface area (Å²) in [4.78, 5) is 0. The molecule has 2 aliphatic heterocycles. The minimum Gasteiger partial charge on any atom is -0.350 e. The van der Waals surface area contributed by atoms with Crippen LogP contribution in [0.3, 0.4) is 0 Å². The van der Waals surface area contributed by atoms with Gasteiger partial charge in [0.2, 0.25) is 5.60 Å².